The van der Waals surface area contributed by atoms with E-state index in [-0.39, 0.29) is 0 Å². The summed E-state index contributed by atoms with van der Waals surface area (Å²) in [4.78, 5) is 0. The van der Waals surface area contributed by atoms with Gasteiger partial charge in [-0.25, -0.2) is 4.57 Å². The van der Waals surface area contributed by atoms with E-state index in [1.165, 1.54) is 12.1 Å². The van der Waals surface area contributed by atoms with Gasteiger partial charge in [0.15, 0.2) is 0 Å². The minimum atomic E-state index is -5.06. The quantitative estimate of drug-likeness (QED) is 0.690. The largest absolute Gasteiger partial charge is 0.433 e. The van der Waals surface area contributed by atoms with Gasteiger partial charge < -0.3 is 0 Å². The van der Waals surface area contributed by atoms with E-state index >= 15 is 0 Å². The molecule has 0 aromatic heterocycles. The smallest absolute Gasteiger partial charge is 0.244 e. The molecule has 0 N–H and O–H groups in total. The topological polar surface area (TPSA) is 17.1 Å². The molecule has 0 saturated heterocycles. The molecule has 0 aliphatic carbocycles. The molecule has 0 amide bonds. The van der Waals surface area contributed by atoms with Gasteiger partial charge in [0.1, 0.15) is 0 Å². The molecule has 0 atom stereocenters. The van der Waals surface area contributed by atoms with Crippen LogP contribution in [0.4, 0.5) is 8.39 Å². The van der Waals surface area contributed by atoms with Crippen LogP contribution in [0.2, 0.25) is 0 Å². The lowest BCUT2D eigenvalue weighted by Gasteiger charge is -1.97. The maximum Gasteiger partial charge on any atom is 0.433 e. The van der Waals surface area contributed by atoms with Crippen LogP contribution >= 0.6 is 23.7 Å². The molecule has 11 heavy (non-hydrogen) atoms. The highest BCUT2D eigenvalue weighted by atomic mass is 79.9. The molecule has 1 aromatic carbocycles. The SMILES string of the molecule is O=P(F)(F)c1ccc(Br)cc1. The van der Waals surface area contributed by atoms with Gasteiger partial charge in [-0.05, 0) is 24.3 Å². The summed E-state index contributed by atoms with van der Waals surface area (Å²) in [5.41, 5.74) is 0. The van der Waals surface area contributed by atoms with E-state index in [1.54, 1.807) is 0 Å². The molecule has 0 bridgehead atoms. The molecule has 5 heteroatoms. The van der Waals surface area contributed by atoms with Gasteiger partial charge in [0.25, 0.3) is 0 Å². The maximum absolute atomic E-state index is 12.1. The minimum absolute atomic E-state index is 0.402. The third kappa shape index (κ3) is 2.38. The lowest BCUT2D eigenvalue weighted by atomic mass is 10.4. The van der Waals surface area contributed by atoms with Gasteiger partial charge in [-0.2, -0.15) is 0 Å². The van der Waals surface area contributed by atoms with Gasteiger partial charge in [-0.15, -0.1) is 8.39 Å². The summed E-state index contributed by atoms with van der Waals surface area (Å²) < 4.78 is 35.1. The van der Waals surface area contributed by atoms with Crippen molar-refractivity contribution < 1.29 is 13.0 Å². The van der Waals surface area contributed by atoms with Gasteiger partial charge in [-0.1, -0.05) is 15.9 Å². The molecule has 60 valence electrons. The van der Waals surface area contributed by atoms with Crippen LogP contribution in [0.25, 0.3) is 0 Å². The Labute approximate surface area is 71.2 Å². The number of halogens is 3. The third-order valence-corrected chi connectivity index (χ3v) is 2.56. The van der Waals surface area contributed by atoms with Crippen molar-refractivity contribution in [2.75, 3.05) is 0 Å². The number of benzene rings is 1. The van der Waals surface area contributed by atoms with Crippen LogP contribution in [-0.2, 0) is 4.57 Å². The van der Waals surface area contributed by atoms with Crippen LogP contribution in [0.3, 0.4) is 0 Å². The summed E-state index contributed by atoms with van der Waals surface area (Å²) in [6, 6.07) is 5.15. The highest BCUT2D eigenvalue weighted by Gasteiger charge is 2.21. The standard InChI is InChI=1S/C6H4BrF2OP/c7-5-1-3-6(4-2-5)11(8,9)10/h1-4H. The molecule has 0 heterocycles. The summed E-state index contributed by atoms with van der Waals surface area (Å²) in [6.07, 6.45) is 0. The average Bonchev–Trinajstić information content (AvgIpc) is 1.86. The van der Waals surface area contributed by atoms with Gasteiger partial charge in [0.2, 0.25) is 0 Å². The minimum Gasteiger partial charge on any atom is -0.244 e. The van der Waals surface area contributed by atoms with Crippen molar-refractivity contribution in [1.82, 2.24) is 0 Å². The Morgan fingerprint density at radius 2 is 1.64 bits per heavy atom. The van der Waals surface area contributed by atoms with Crippen LogP contribution in [-0.4, -0.2) is 0 Å². The molecule has 1 rings (SSSR count). The van der Waals surface area contributed by atoms with Crippen LogP contribution in [0.15, 0.2) is 28.7 Å². The first-order valence-corrected chi connectivity index (χ1v) is 5.04. The van der Waals surface area contributed by atoms with Gasteiger partial charge >= 0.3 is 7.76 Å². The zero-order chi connectivity index (χ0) is 8.48. The van der Waals surface area contributed by atoms with Crippen molar-refractivity contribution in [3.63, 3.8) is 0 Å². The Bertz CT molecular complexity index is 292. The number of rotatable bonds is 1. The first-order chi connectivity index (χ1) is 5.00. The molecule has 1 nitrogen and oxygen atoms in total. The van der Waals surface area contributed by atoms with Crippen LogP contribution in [0.5, 0.6) is 0 Å². The summed E-state index contributed by atoms with van der Waals surface area (Å²) in [5, 5.41) is -0.402. The van der Waals surface area contributed by atoms with Crippen molar-refractivity contribution in [2.24, 2.45) is 0 Å². The Morgan fingerprint density at radius 1 is 1.18 bits per heavy atom. The lowest BCUT2D eigenvalue weighted by molar-refractivity contribution is 0.507. The van der Waals surface area contributed by atoms with E-state index < -0.39 is 13.1 Å². The maximum atomic E-state index is 12.1. The summed E-state index contributed by atoms with van der Waals surface area (Å²) in [6.45, 7) is 0. The highest BCUT2D eigenvalue weighted by molar-refractivity contribution is 9.10. The Kier molecular flexibility index (Phi) is 2.45. The predicted octanol–water partition coefficient (Wildman–Crippen LogP) is 3.21. The molecule has 1 aromatic rings. The van der Waals surface area contributed by atoms with Gasteiger partial charge in [0.05, 0.1) is 5.30 Å². The highest BCUT2D eigenvalue weighted by Crippen LogP contribution is 2.47. The van der Waals surface area contributed by atoms with E-state index in [2.05, 4.69) is 15.9 Å². The van der Waals surface area contributed by atoms with E-state index in [4.69, 9.17) is 0 Å². The van der Waals surface area contributed by atoms with Crippen molar-refractivity contribution >= 4 is 29.0 Å². The Morgan fingerprint density at radius 3 is 2.00 bits per heavy atom. The fraction of sp³-hybridized carbons (Fsp3) is 0. The predicted molar refractivity (Wildman–Crippen MR) is 43.6 cm³/mol. The lowest BCUT2D eigenvalue weighted by Crippen LogP contribution is -1.95. The Hall–Kier alpha value is -0.210. The molecule has 0 aliphatic heterocycles. The average molecular weight is 241 g/mol. The summed E-state index contributed by atoms with van der Waals surface area (Å²) in [7, 11) is -5.06. The second-order valence-corrected chi connectivity index (χ2v) is 4.30. The van der Waals surface area contributed by atoms with Crippen LogP contribution in [0.1, 0.15) is 0 Å². The number of hydrogen-bond acceptors (Lipinski definition) is 1. The normalized spacial score (nSPS) is 11.5. The fourth-order valence-electron chi connectivity index (χ4n) is 0.615. The Balaban J connectivity index is 3.09. The van der Waals surface area contributed by atoms with Crippen LogP contribution in [0, 0.1) is 0 Å². The molecule has 0 radical (unpaired) electrons. The zero-order valence-electron chi connectivity index (χ0n) is 5.30. The zero-order valence-corrected chi connectivity index (χ0v) is 7.78. The van der Waals surface area contributed by atoms with E-state index in [9.17, 15) is 13.0 Å². The molecule has 0 aliphatic rings. The first-order valence-electron chi connectivity index (χ1n) is 2.75. The number of hydrogen-bond donors (Lipinski definition) is 0. The molecule has 0 fully saturated rings. The first kappa shape index (κ1) is 8.88. The van der Waals surface area contributed by atoms with Crippen molar-refractivity contribution in [3.05, 3.63) is 28.7 Å². The molecular formula is C6H4BrF2OP. The van der Waals surface area contributed by atoms with E-state index in [0.29, 0.717) is 4.47 Å². The summed E-state index contributed by atoms with van der Waals surface area (Å²) in [5.74, 6) is 0. The van der Waals surface area contributed by atoms with E-state index in [1.807, 2.05) is 0 Å². The second kappa shape index (κ2) is 3.03. The monoisotopic (exact) mass is 240 g/mol. The molecule has 0 unspecified atom stereocenters. The van der Waals surface area contributed by atoms with Gasteiger partial charge in [0, 0.05) is 4.47 Å². The second-order valence-electron chi connectivity index (χ2n) is 1.94. The van der Waals surface area contributed by atoms with Crippen molar-refractivity contribution in [2.45, 2.75) is 0 Å². The van der Waals surface area contributed by atoms with Crippen molar-refractivity contribution in [3.8, 4) is 0 Å². The fourth-order valence-corrected chi connectivity index (χ4v) is 1.38. The molecule has 0 saturated carbocycles. The molecular weight excluding hydrogens is 237 g/mol. The molecule has 0 spiro atoms. The summed E-state index contributed by atoms with van der Waals surface area (Å²) >= 11 is 3.08. The van der Waals surface area contributed by atoms with Crippen molar-refractivity contribution in [1.29, 1.82) is 0 Å². The third-order valence-electron chi connectivity index (χ3n) is 1.13. The van der Waals surface area contributed by atoms with Crippen LogP contribution < -0.4 is 5.30 Å². The van der Waals surface area contributed by atoms with Gasteiger partial charge in [-0.3, -0.25) is 0 Å². The van der Waals surface area contributed by atoms with E-state index in [0.717, 1.165) is 12.1 Å².